The van der Waals surface area contributed by atoms with Gasteiger partial charge in [-0.3, -0.25) is 0 Å². The van der Waals surface area contributed by atoms with Gasteiger partial charge in [0.15, 0.2) is 0 Å². The maximum absolute atomic E-state index is 2.33. The van der Waals surface area contributed by atoms with Gasteiger partial charge in [0.05, 0.1) is 0 Å². The maximum Gasteiger partial charge on any atom is 0.106 e. The van der Waals surface area contributed by atoms with Crippen molar-refractivity contribution in [2.45, 2.75) is 19.4 Å². The summed E-state index contributed by atoms with van der Waals surface area (Å²) in [6.07, 6.45) is 1.20. The minimum Gasteiger partial charge on any atom is -0.0656 e. The second-order valence-corrected chi connectivity index (χ2v) is 11.2. The van der Waals surface area contributed by atoms with E-state index in [1.165, 1.54) is 45.9 Å². The first kappa shape index (κ1) is 20.5. The summed E-state index contributed by atoms with van der Waals surface area (Å²) >= 11 is 0. The molecule has 0 amide bonds. The Hall–Kier alpha value is -3.42. The second-order valence-electron chi connectivity index (χ2n) is 8.38. The molecule has 0 unspecified atom stereocenters. The molecule has 1 heterocycles. The molecule has 4 aromatic carbocycles. The summed E-state index contributed by atoms with van der Waals surface area (Å²) in [5, 5.41) is 3.19. The quantitative estimate of drug-likeness (QED) is 0.273. The number of hydrogen-bond acceptors (Lipinski definition) is 0. The molecule has 0 bridgehead atoms. The molecule has 4 aromatic rings. The van der Waals surface area contributed by atoms with Crippen LogP contribution in [0.4, 0.5) is 0 Å². The van der Waals surface area contributed by atoms with Crippen molar-refractivity contribution in [3.63, 3.8) is 0 Å². The van der Waals surface area contributed by atoms with E-state index < -0.39 is 8.80 Å². The van der Waals surface area contributed by atoms with Gasteiger partial charge in [0, 0.05) is 0 Å². The molecule has 0 atom stereocenters. The minimum absolute atomic E-state index is 1.20. The normalized spacial score (nSPS) is 14.3. The van der Waals surface area contributed by atoms with Gasteiger partial charge in [0.25, 0.3) is 0 Å². The lowest BCUT2D eigenvalue weighted by atomic mass is 9.89. The molecule has 1 aliphatic heterocycles. The Bertz CT molecular complexity index is 1140. The van der Waals surface area contributed by atoms with E-state index in [-0.39, 0.29) is 0 Å². The first-order chi connectivity index (χ1) is 15.9. The Morgan fingerprint density at radius 2 is 0.750 bits per heavy atom. The SMILES string of the molecule is CCC[SiH]1C(c2ccccc2)=C(c2ccccc2)C(c2ccccc2)=C1c1ccccc1. The molecule has 32 heavy (non-hydrogen) atoms. The Morgan fingerprint density at radius 3 is 1.06 bits per heavy atom. The van der Waals surface area contributed by atoms with Crippen molar-refractivity contribution in [1.82, 2.24) is 0 Å². The van der Waals surface area contributed by atoms with Gasteiger partial charge in [-0.15, -0.1) is 0 Å². The van der Waals surface area contributed by atoms with Crippen LogP contribution in [-0.2, 0) is 0 Å². The average molecular weight is 429 g/mol. The van der Waals surface area contributed by atoms with Crippen LogP contribution in [0.25, 0.3) is 21.5 Å². The molecule has 0 saturated heterocycles. The molecule has 0 nitrogen and oxygen atoms in total. The summed E-state index contributed by atoms with van der Waals surface area (Å²) in [5.74, 6) is 0. The maximum atomic E-state index is 2.33. The Labute approximate surface area is 193 Å². The smallest absolute Gasteiger partial charge is 0.0656 e. The van der Waals surface area contributed by atoms with Gasteiger partial charge in [-0.1, -0.05) is 141 Å². The fourth-order valence-corrected chi connectivity index (χ4v) is 9.03. The highest BCUT2D eigenvalue weighted by atomic mass is 28.3. The van der Waals surface area contributed by atoms with Crippen LogP contribution in [0.5, 0.6) is 0 Å². The molecular weight excluding hydrogens is 400 g/mol. The number of allylic oxidation sites excluding steroid dienone is 2. The minimum atomic E-state index is -1.46. The molecule has 0 aliphatic carbocycles. The summed E-state index contributed by atoms with van der Waals surface area (Å²) in [5.41, 5.74) is 8.29. The third-order valence-electron chi connectivity index (χ3n) is 6.36. The van der Waals surface area contributed by atoms with E-state index in [4.69, 9.17) is 0 Å². The highest BCUT2D eigenvalue weighted by Gasteiger charge is 2.36. The van der Waals surface area contributed by atoms with Crippen molar-refractivity contribution in [3.8, 4) is 0 Å². The van der Waals surface area contributed by atoms with Gasteiger partial charge in [-0.2, -0.15) is 0 Å². The Kier molecular flexibility index (Phi) is 6.00. The van der Waals surface area contributed by atoms with E-state index in [0.717, 1.165) is 0 Å². The first-order valence-electron chi connectivity index (χ1n) is 11.6. The zero-order valence-corrected chi connectivity index (χ0v) is 19.7. The molecule has 156 valence electrons. The highest BCUT2D eigenvalue weighted by Crippen LogP contribution is 2.51. The summed E-state index contributed by atoms with van der Waals surface area (Å²) < 4.78 is 0. The van der Waals surface area contributed by atoms with Crippen LogP contribution in [0.3, 0.4) is 0 Å². The zero-order chi connectivity index (χ0) is 21.8. The van der Waals surface area contributed by atoms with E-state index in [9.17, 15) is 0 Å². The molecule has 0 saturated carbocycles. The van der Waals surface area contributed by atoms with E-state index in [2.05, 4.69) is 128 Å². The largest absolute Gasteiger partial charge is 0.106 e. The van der Waals surface area contributed by atoms with Crippen LogP contribution < -0.4 is 0 Å². The highest BCUT2D eigenvalue weighted by molar-refractivity contribution is 7.00. The van der Waals surface area contributed by atoms with Gasteiger partial charge in [-0.25, -0.2) is 0 Å². The molecular formula is C31H28Si. The van der Waals surface area contributed by atoms with Crippen LogP contribution >= 0.6 is 0 Å². The molecule has 1 aliphatic rings. The van der Waals surface area contributed by atoms with Crippen molar-refractivity contribution >= 4 is 30.3 Å². The standard InChI is InChI=1S/C31H28Si/c1-2-23-32-30(26-19-11-5-12-20-26)28(24-15-7-3-8-16-24)29(25-17-9-4-10-18-25)31(32)27-21-13-6-14-22-27/h3-22,32H,2,23H2,1H3. The third kappa shape index (κ3) is 3.81. The topological polar surface area (TPSA) is 0 Å². The molecule has 0 spiro atoms. The summed E-state index contributed by atoms with van der Waals surface area (Å²) in [6, 6.07) is 45.6. The van der Waals surface area contributed by atoms with Crippen LogP contribution in [0.15, 0.2) is 121 Å². The predicted molar refractivity (Wildman–Crippen MR) is 142 cm³/mol. The van der Waals surface area contributed by atoms with Gasteiger partial charge < -0.3 is 0 Å². The van der Waals surface area contributed by atoms with Gasteiger partial charge in [-0.05, 0) is 43.8 Å². The average Bonchev–Trinajstić information content (AvgIpc) is 3.21. The van der Waals surface area contributed by atoms with Crippen molar-refractivity contribution in [2.75, 3.05) is 0 Å². The van der Waals surface area contributed by atoms with Crippen LogP contribution in [0.2, 0.25) is 6.04 Å². The molecule has 0 radical (unpaired) electrons. The van der Waals surface area contributed by atoms with E-state index in [1.54, 1.807) is 10.4 Å². The van der Waals surface area contributed by atoms with Crippen molar-refractivity contribution in [2.24, 2.45) is 0 Å². The predicted octanol–water partition coefficient (Wildman–Crippen LogP) is 7.94. The van der Waals surface area contributed by atoms with Crippen LogP contribution in [0, 0.1) is 0 Å². The number of hydrogen-bond donors (Lipinski definition) is 0. The number of rotatable bonds is 6. The molecule has 1 heteroatoms. The fraction of sp³-hybridized carbons (Fsp3) is 0.0968. The molecule has 0 aromatic heterocycles. The zero-order valence-electron chi connectivity index (χ0n) is 18.5. The van der Waals surface area contributed by atoms with Gasteiger partial charge in [0.2, 0.25) is 0 Å². The fourth-order valence-electron chi connectivity index (χ4n) is 5.08. The van der Waals surface area contributed by atoms with Crippen molar-refractivity contribution in [1.29, 1.82) is 0 Å². The van der Waals surface area contributed by atoms with Gasteiger partial charge in [0.1, 0.15) is 8.80 Å². The van der Waals surface area contributed by atoms with Gasteiger partial charge >= 0.3 is 0 Å². The molecule has 5 rings (SSSR count). The lowest BCUT2D eigenvalue weighted by Gasteiger charge is -2.19. The number of benzene rings is 4. The molecule has 0 N–H and O–H groups in total. The second kappa shape index (κ2) is 9.38. The first-order valence-corrected chi connectivity index (χ1v) is 13.6. The van der Waals surface area contributed by atoms with E-state index in [1.807, 2.05) is 0 Å². The van der Waals surface area contributed by atoms with E-state index >= 15 is 0 Å². The lowest BCUT2D eigenvalue weighted by molar-refractivity contribution is 1.07. The summed E-state index contributed by atoms with van der Waals surface area (Å²) in [7, 11) is -1.46. The van der Waals surface area contributed by atoms with Crippen LogP contribution in [-0.4, -0.2) is 8.80 Å². The summed E-state index contributed by atoms with van der Waals surface area (Å²) in [4.78, 5) is 0. The lowest BCUT2D eigenvalue weighted by Crippen LogP contribution is -2.16. The van der Waals surface area contributed by atoms with Crippen molar-refractivity contribution in [3.05, 3.63) is 144 Å². The monoisotopic (exact) mass is 428 g/mol. The molecule has 0 fully saturated rings. The Balaban J connectivity index is 1.89. The van der Waals surface area contributed by atoms with Crippen LogP contribution in [0.1, 0.15) is 35.6 Å². The third-order valence-corrected chi connectivity index (χ3v) is 10.2. The summed E-state index contributed by atoms with van der Waals surface area (Å²) in [6.45, 7) is 2.33. The Morgan fingerprint density at radius 1 is 0.438 bits per heavy atom. The van der Waals surface area contributed by atoms with Crippen molar-refractivity contribution < 1.29 is 0 Å². The van der Waals surface area contributed by atoms with E-state index in [0.29, 0.717) is 0 Å².